The van der Waals surface area contributed by atoms with Crippen LogP contribution in [0.15, 0.2) is 0 Å². The normalized spacial score (nSPS) is 30.6. The molecule has 0 aromatic heterocycles. The number of ketones is 1. The maximum absolute atomic E-state index is 12.7. The summed E-state index contributed by atoms with van der Waals surface area (Å²) in [7, 11) is 1.35. The Morgan fingerprint density at radius 3 is 2.41 bits per heavy atom. The standard InChI is InChI=1S/C11H20F2N2O2/c1-11(2,3)8(16)6-5-14-7(9(12)13)10(15-6)17-4/h6-7,9-10,14-15H,5H2,1-4H3. The fourth-order valence-corrected chi connectivity index (χ4v) is 1.85. The topological polar surface area (TPSA) is 50.4 Å². The van der Waals surface area contributed by atoms with E-state index in [1.165, 1.54) is 7.11 Å². The Balaban J connectivity index is 2.69. The zero-order valence-corrected chi connectivity index (χ0v) is 10.6. The summed E-state index contributed by atoms with van der Waals surface area (Å²) in [6, 6.07) is -1.57. The Labute approximate surface area is 100 Å². The summed E-state index contributed by atoms with van der Waals surface area (Å²) in [5, 5.41) is 5.49. The van der Waals surface area contributed by atoms with E-state index in [0.29, 0.717) is 0 Å². The molecule has 6 heteroatoms. The van der Waals surface area contributed by atoms with Crippen molar-refractivity contribution in [2.24, 2.45) is 5.41 Å². The first-order chi connectivity index (χ1) is 7.77. The first-order valence-electron chi connectivity index (χ1n) is 5.62. The van der Waals surface area contributed by atoms with Gasteiger partial charge in [-0.3, -0.25) is 10.1 Å². The number of hydrogen-bond acceptors (Lipinski definition) is 4. The maximum atomic E-state index is 12.7. The minimum Gasteiger partial charge on any atom is -0.365 e. The highest BCUT2D eigenvalue weighted by atomic mass is 19.3. The van der Waals surface area contributed by atoms with E-state index in [4.69, 9.17) is 4.74 Å². The number of halogens is 2. The lowest BCUT2D eigenvalue weighted by Crippen LogP contribution is -2.66. The van der Waals surface area contributed by atoms with E-state index in [9.17, 15) is 13.6 Å². The average molecular weight is 250 g/mol. The van der Waals surface area contributed by atoms with Crippen molar-refractivity contribution < 1.29 is 18.3 Å². The van der Waals surface area contributed by atoms with Gasteiger partial charge in [0.05, 0.1) is 6.04 Å². The van der Waals surface area contributed by atoms with Crippen molar-refractivity contribution in [3.05, 3.63) is 0 Å². The molecule has 0 spiro atoms. The van der Waals surface area contributed by atoms with E-state index >= 15 is 0 Å². The van der Waals surface area contributed by atoms with E-state index < -0.39 is 30.2 Å². The number of nitrogens with one attached hydrogen (secondary N) is 2. The molecule has 2 N–H and O–H groups in total. The summed E-state index contributed by atoms with van der Waals surface area (Å²) in [6.45, 7) is 5.61. The number of piperazine rings is 1. The molecular weight excluding hydrogens is 230 g/mol. The summed E-state index contributed by atoms with van der Waals surface area (Å²) in [5.41, 5.74) is -0.505. The van der Waals surface area contributed by atoms with Crippen LogP contribution < -0.4 is 10.6 Å². The highest BCUT2D eigenvalue weighted by Crippen LogP contribution is 2.20. The predicted molar refractivity (Wildman–Crippen MR) is 60.0 cm³/mol. The lowest BCUT2D eigenvalue weighted by atomic mass is 9.85. The molecular formula is C11H20F2N2O2. The molecule has 0 aliphatic carbocycles. The molecule has 0 radical (unpaired) electrons. The van der Waals surface area contributed by atoms with Crippen LogP contribution in [0.4, 0.5) is 8.78 Å². The first-order valence-corrected chi connectivity index (χ1v) is 5.62. The molecule has 1 aliphatic rings. The lowest BCUT2D eigenvalue weighted by Gasteiger charge is -2.38. The van der Waals surface area contributed by atoms with Gasteiger partial charge in [0.15, 0.2) is 5.78 Å². The van der Waals surface area contributed by atoms with Crippen LogP contribution in [-0.2, 0) is 9.53 Å². The number of hydrogen-bond donors (Lipinski definition) is 2. The Hall–Kier alpha value is -0.590. The quantitative estimate of drug-likeness (QED) is 0.777. The van der Waals surface area contributed by atoms with Crippen LogP contribution in [0, 0.1) is 5.41 Å². The molecule has 1 rings (SSSR count). The molecule has 1 aliphatic heterocycles. The van der Waals surface area contributed by atoms with Crippen LogP contribution in [0.3, 0.4) is 0 Å². The number of ether oxygens (including phenoxy) is 1. The van der Waals surface area contributed by atoms with E-state index in [0.717, 1.165) is 0 Å². The third-order valence-electron chi connectivity index (χ3n) is 2.83. The summed E-state index contributed by atoms with van der Waals surface area (Å²) in [5.74, 6) is -0.0141. The monoisotopic (exact) mass is 250 g/mol. The molecule has 1 saturated heterocycles. The molecule has 1 heterocycles. The van der Waals surface area contributed by atoms with Crippen LogP contribution in [0.2, 0.25) is 0 Å². The molecule has 0 aromatic rings. The SMILES string of the molecule is COC1NC(C(=O)C(C)(C)C)CNC1C(F)F. The molecule has 0 amide bonds. The molecule has 100 valence electrons. The van der Waals surface area contributed by atoms with Crippen molar-refractivity contribution >= 4 is 5.78 Å². The number of carbonyl (C=O) groups is 1. The lowest BCUT2D eigenvalue weighted by molar-refractivity contribution is -0.132. The van der Waals surface area contributed by atoms with Gasteiger partial charge in [0.1, 0.15) is 12.3 Å². The van der Waals surface area contributed by atoms with Gasteiger partial charge in [-0.05, 0) is 0 Å². The summed E-state index contributed by atoms with van der Waals surface area (Å²) >= 11 is 0. The molecule has 3 atom stereocenters. The fraction of sp³-hybridized carbons (Fsp3) is 0.909. The summed E-state index contributed by atoms with van der Waals surface area (Å²) in [4.78, 5) is 12.0. The number of carbonyl (C=O) groups excluding carboxylic acids is 1. The molecule has 1 fully saturated rings. The highest BCUT2D eigenvalue weighted by Gasteiger charge is 2.40. The van der Waals surface area contributed by atoms with E-state index in [1.54, 1.807) is 20.8 Å². The number of methoxy groups -OCH3 is 1. The Bertz CT molecular complexity index is 279. The molecule has 0 bridgehead atoms. The second-order valence-electron chi connectivity index (χ2n) is 5.26. The molecule has 0 aromatic carbocycles. The van der Waals surface area contributed by atoms with E-state index in [-0.39, 0.29) is 12.3 Å². The van der Waals surface area contributed by atoms with E-state index in [1.807, 2.05) is 0 Å². The van der Waals surface area contributed by atoms with Gasteiger partial charge in [0.2, 0.25) is 0 Å². The second-order valence-corrected chi connectivity index (χ2v) is 5.26. The van der Waals surface area contributed by atoms with Gasteiger partial charge in [-0.25, -0.2) is 8.78 Å². The zero-order chi connectivity index (χ0) is 13.2. The van der Waals surface area contributed by atoms with Crippen LogP contribution in [0.1, 0.15) is 20.8 Å². The Morgan fingerprint density at radius 2 is 2.00 bits per heavy atom. The minimum atomic E-state index is -2.53. The third kappa shape index (κ3) is 3.43. The fourth-order valence-electron chi connectivity index (χ4n) is 1.85. The van der Waals surface area contributed by atoms with Crippen LogP contribution in [0.25, 0.3) is 0 Å². The van der Waals surface area contributed by atoms with Gasteiger partial charge in [-0.1, -0.05) is 20.8 Å². The first kappa shape index (κ1) is 14.5. The Kier molecular flexibility index (Phi) is 4.57. The number of rotatable bonds is 3. The second kappa shape index (κ2) is 5.37. The maximum Gasteiger partial charge on any atom is 0.257 e. The Morgan fingerprint density at radius 1 is 1.41 bits per heavy atom. The third-order valence-corrected chi connectivity index (χ3v) is 2.83. The number of alkyl halides is 2. The van der Waals surface area contributed by atoms with Gasteiger partial charge in [-0.15, -0.1) is 0 Å². The van der Waals surface area contributed by atoms with Gasteiger partial charge in [0.25, 0.3) is 6.43 Å². The minimum absolute atomic E-state index is 0.0141. The van der Waals surface area contributed by atoms with Crippen LogP contribution in [-0.4, -0.2) is 44.2 Å². The molecule has 0 saturated carbocycles. The van der Waals surface area contributed by atoms with Gasteiger partial charge < -0.3 is 10.1 Å². The smallest absolute Gasteiger partial charge is 0.257 e. The largest absolute Gasteiger partial charge is 0.365 e. The molecule has 17 heavy (non-hydrogen) atoms. The van der Waals surface area contributed by atoms with Gasteiger partial charge in [0, 0.05) is 19.1 Å². The van der Waals surface area contributed by atoms with Gasteiger partial charge >= 0.3 is 0 Å². The van der Waals surface area contributed by atoms with Crippen LogP contribution in [0.5, 0.6) is 0 Å². The predicted octanol–water partition coefficient (Wildman–Crippen LogP) is 0.769. The molecule has 3 unspecified atom stereocenters. The number of Topliss-reactive ketones (excluding diaryl/α,β-unsaturated/α-hetero) is 1. The van der Waals surface area contributed by atoms with Crippen molar-refractivity contribution in [3.63, 3.8) is 0 Å². The van der Waals surface area contributed by atoms with Crippen LogP contribution >= 0.6 is 0 Å². The van der Waals surface area contributed by atoms with Crippen molar-refractivity contribution in [1.82, 2.24) is 10.6 Å². The molecule has 4 nitrogen and oxygen atoms in total. The van der Waals surface area contributed by atoms with E-state index in [2.05, 4.69) is 10.6 Å². The van der Waals surface area contributed by atoms with Gasteiger partial charge in [-0.2, -0.15) is 0 Å². The zero-order valence-electron chi connectivity index (χ0n) is 10.6. The van der Waals surface area contributed by atoms with Crippen molar-refractivity contribution in [3.8, 4) is 0 Å². The van der Waals surface area contributed by atoms with Crippen molar-refractivity contribution in [2.45, 2.75) is 45.5 Å². The summed E-state index contributed by atoms with van der Waals surface area (Å²) < 4.78 is 30.3. The highest BCUT2D eigenvalue weighted by molar-refractivity contribution is 5.89. The van der Waals surface area contributed by atoms with Crippen molar-refractivity contribution in [2.75, 3.05) is 13.7 Å². The average Bonchev–Trinajstić information content (AvgIpc) is 2.25. The summed E-state index contributed by atoms with van der Waals surface area (Å²) in [6.07, 6.45) is -3.38. The van der Waals surface area contributed by atoms with Crippen molar-refractivity contribution in [1.29, 1.82) is 0 Å².